The number of fused-ring (bicyclic) bond motifs is 1. The van der Waals surface area contributed by atoms with Gasteiger partial charge in [-0.15, -0.1) is 0 Å². The molecule has 1 aliphatic rings. The first kappa shape index (κ1) is 14.1. The van der Waals surface area contributed by atoms with Crippen LogP contribution >= 0.6 is 0 Å². The Balaban J connectivity index is 1.81. The van der Waals surface area contributed by atoms with Crippen molar-refractivity contribution >= 4 is 16.8 Å². The lowest BCUT2D eigenvalue weighted by molar-refractivity contribution is 0.0917. The van der Waals surface area contributed by atoms with Crippen molar-refractivity contribution in [2.75, 3.05) is 0 Å². The second-order valence-corrected chi connectivity index (χ2v) is 6.28. The van der Waals surface area contributed by atoms with Crippen LogP contribution in [-0.2, 0) is 0 Å². The number of rotatable bonds is 2. The summed E-state index contributed by atoms with van der Waals surface area (Å²) in [7, 11) is 0. The minimum Gasteiger partial charge on any atom is -0.350 e. The lowest BCUT2D eigenvalue weighted by atomic mass is 9.87. The minimum absolute atomic E-state index is 0.135. The maximum absolute atomic E-state index is 13.8. The van der Waals surface area contributed by atoms with Gasteiger partial charge in [-0.2, -0.15) is 0 Å². The van der Waals surface area contributed by atoms with Crippen molar-refractivity contribution in [1.29, 1.82) is 0 Å². The molecule has 1 fully saturated rings. The molecular formula is C17H21FN2O. The normalized spacial score (nSPS) is 22.4. The van der Waals surface area contributed by atoms with Gasteiger partial charge >= 0.3 is 0 Å². The van der Waals surface area contributed by atoms with Crippen molar-refractivity contribution in [3.05, 3.63) is 35.3 Å². The highest BCUT2D eigenvalue weighted by Crippen LogP contribution is 2.25. The van der Waals surface area contributed by atoms with Crippen molar-refractivity contribution in [3.63, 3.8) is 0 Å². The standard InChI is InChI=1S/C17H21FN2O/c1-10-4-3-5-12(8-10)19-17(21)15-9-13-14(18)7-6-11(2)16(13)20-15/h6-7,9-10,12,20H,3-5,8H2,1-2H3,(H,19,21)/t10-,12+/m0/s1. The fraction of sp³-hybridized carbons (Fsp3) is 0.471. The van der Waals surface area contributed by atoms with Gasteiger partial charge in [0.15, 0.2) is 0 Å². The molecule has 1 amide bonds. The van der Waals surface area contributed by atoms with Gasteiger partial charge in [0.2, 0.25) is 0 Å². The van der Waals surface area contributed by atoms with Crippen molar-refractivity contribution < 1.29 is 9.18 Å². The Hall–Kier alpha value is -1.84. The highest BCUT2D eigenvalue weighted by atomic mass is 19.1. The zero-order valence-corrected chi connectivity index (χ0v) is 12.5. The average Bonchev–Trinajstić information content (AvgIpc) is 2.89. The van der Waals surface area contributed by atoms with E-state index in [9.17, 15) is 9.18 Å². The molecule has 3 rings (SSSR count). The van der Waals surface area contributed by atoms with Crippen molar-refractivity contribution in [2.24, 2.45) is 5.92 Å². The molecule has 1 saturated carbocycles. The molecule has 1 aromatic heterocycles. The zero-order chi connectivity index (χ0) is 15.0. The van der Waals surface area contributed by atoms with Gasteiger partial charge in [-0.1, -0.05) is 25.8 Å². The van der Waals surface area contributed by atoms with Crippen LogP contribution in [0.4, 0.5) is 4.39 Å². The molecule has 0 saturated heterocycles. The molecule has 2 N–H and O–H groups in total. The molecule has 112 valence electrons. The molecule has 0 unspecified atom stereocenters. The smallest absolute Gasteiger partial charge is 0.267 e. The molecule has 0 radical (unpaired) electrons. The van der Waals surface area contributed by atoms with Crippen molar-refractivity contribution in [1.82, 2.24) is 10.3 Å². The second-order valence-electron chi connectivity index (χ2n) is 6.28. The van der Waals surface area contributed by atoms with E-state index in [4.69, 9.17) is 0 Å². The lowest BCUT2D eigenvalue weighted by Crippen LogP contribution is -2.38. The van der Waals surface area contributed by atoms with Gasteiger partial charge in [0, 0.05) is 11.4 Å². The second kappa shape index (κ2) is 5.51. The molecule has 0 aliphatic heterocycles. The fourth-order valence-corrected chi connectivity index (χ4v) is 3.28. The van der Waals surface area contributed by atoms with E-state index in [1.165, 1.54) is 12.5 Å². The molecule has 0 spiro atoms. The summed E-state index contributed by atoms with van der Waals surface area (Å²) in [6, 6.07) is 5.01. The van der Waals surface area contributed by atoms with E-state index in [2.05, 4.69) is 17.2 Å². The van der Waals surface area contributed by atoms with Gasteiger partial charge in [0.25, 0.3) is 5.91 Å². The summed E-state index contributed by atoms with van der Waals surface area (Å²) in [5, 5.41) is 3.56. The summed E-state index contributed by atoms with van der Waals surface area (Å²) < 4.78 is 13.8. The first-order valence-corrected chi connectivity index (χ1v) is 7.63. The van der Waals surface area contributed by atoms with Gasteiger partial charge in [-0.25, -0.2) is 4.39 Å². The molecule has 0 bridgehead atoms. The van der Waals surface area contributed by atoms with Gasteiger partial charge in [-0.3, -0.25) is 4.79 Å². The maximum atomic E-state index is 13.8. The number of halogens is 1. The number of hydrogen-bond donors (Lipinski definition) is 2. The zero-order valence-electron chi connectivity index (χ0n) is 12.5. The van der Waals surface area contributed by atoms with Crippen LogP contribution in [0.25, 0.3) is 10.9 Å². The molecule has 1 aliphatic carbocycles. The third kappa shape index (κ3) is 2.80. The largest absolute Gasteiger partial charge is 0.350 e. The third-order valence-electron chi connectivity index (χ3n) is 4.47. The predicted molar refractivity (Wildman–Crippen MR) is 81.9 cm³/mol. The van der Waals surface area contributed by atoms with E-state index >= 15 is 0 Å². The third-order valence-corrected chi connectivity index (χ3v) is 4.47. The van der Waals surface area contributed by atoms with Crippen LogP contribution in [0.1, 0.15) is 48.7 Å². The Kier molecular flexibility index (Phi) is 3.70. The summed E-state index contributed by atoms with van der Waals surface area (Å²) in [5.74, 6) is 0.229. The molecule has 1 aromatic carbocycles. The van der Waals surface area contributed by atoms with Crippen LogP contribution in [0, 0.1) is 18.7 Å². The fourth-order valence-electron chi connectivity index (χ4n) is 3.28. The molecule has 3 nitrogen and oxygen atoms in total. The van der Waals surface area contributed by atoms with E-state index in [0.29, 0.717) is 22.5 Å². The first-order chi connectivity index (χ1) is 10.0. The number of benzene rings is 1. The van der Waals surface area contributed by atoms with Crippen molar-refractivity contribution in [3.8, 4) is 0 Å². The molecular weight excluding hydrogens is 267 g/mol. The van der Waals surface area contributed by atoms with E-state index in [-0.39, 0.29) is 17.8 Å². The summed E-state index contributed by atoms with van der Waals surface area (Å²) >= 11 is 0. The lowest BCUT2D eigenvalue weighted by Gasteiger charge is -2.27. The van der Waals surface area contributed by atoms with Crippen LogP contribution < -0.4 is 5.32 Å². The summed E-state index contributed by atoms with van der Waals surface area (Å²) in [6.07, 6.45) is 4.46. The topological polar surface area (TPSA) is 44.9 Å². The number of aryl methyl sites for hydroxylation is 1. The Morgan fingerprint density at radius 2 is 2.19 bits per heavy atom. The number of nitrogens with one attached hydrogen (secondary N) is 2. The van der Waals surface area contributed by atoms with Gasteiger partial charge in [-0.05, 0) is 43.4 Å². The Morgan fingerprint density at radius 1 is 1.38 bits per heavy atom. The number of amides is 1. The quantitative estimate of drug-likeness (QED) is 0.864. The van der Waals surface area contributed by atoms with E-state index in [1.807, 2.05) is 6.92 Å². The van der Waals surface area contributed by atoms with Crippen LogP contribution in [0.2, 0.25) is 0 Å². The molecule has 2 atom stereocenters. The summed E-state index contributed by atoms with van der Waals surface area (Å²) in [6.45, 7) is 4.13. The Labute approximate surface area is 123 Å². The van der Waals surface area contributed by atoms with Crippen LogP contribution in [0.15, 0.2) is 18.2 Å². The minimum atomic E-state index is -0.294. The number of aromatic nitrogens is 1. The number of H-pyrrole nitrogens is 1. The van der Waals surface area contributed by atoms with E-state index < -0.39 is 0 Å². The van der Waals surface area contributed by atoms with Crippen LogP contribution in [0.5, 0.6) is 0 Å². The number of carbonyl (C=O) groups excluding carboxylic acids is 1. The van der Waals surface area contributed by atoms with Gasteiger partial charge in [0.05, 0.1) is 5.52 Å². The van der Waals surface area contributed by atoms with Gasteiger partial charge in [0.1, 0.15) is 11.5 Å². The van der Waals surface area contributed by atoms with Crippen LogP contribution in [-0.4, -0.2) is 16.9 Å². The highest BCUT2D eigenvalue weighted by molar-refractivity contribution is 5.99. The highest BCUT2D eigenvalue weighted by Gasteiger charge is 2.22. The van der Waals surface area contributed by atoms with Crippen molar-refractivity contribution in [2.45, 2.75) is 45.6 Å². The molecule has 1 heterocycles. The van der Waals surface area contributed by atoms with Gasteiger partial charge < -0.3 is 10.3 Å². The Morgan fingerprint density at radius 3 is 2.90 bits per heavy atom. The maximum Gasteiger partial charge on any atom is 0.267 e. The number of aromatic amines is 1. The molecule has 21 heavy (non-hydrogen) atoms. The molecule has 4 heteroatoms. The predicted octanol–water partition coefficient (Wildman–Crippen LogP) is 3.92. The number of carbonyl (C=O) groups is 1. The SMILES string of the molecule is Cc1ccc(F)c2cc(C(=O)N[C@@H]3CCC[C@H](C)C3)[nH]c12. The summed E-state index contributed by atoms with van der Waals surface area (Å²) in [5.41, 5.74) is 2.09. The molecule has 2 aromatic rings. The number of hydrogen-bond acceptors (Lipinski definition) is 1. The monoisotopic (exact) mass is 288 g/mol. The van der Waals surface area contributed by atoms with E-state index in [1.54, 1.807) is 12.1 Å². The summed E-state index contributed by atoms with van der Waals surface area (Å²) in [4.78, 5) is 15.4. The van der Waals surface area contributed by atoms with Crippen LogP contribution in [0.3, 0.4) is 0 Å². The average molecular weight is 288 g/mol. The first-order valence-electron chi connectivity index (χ1n) is 7.63. The van der Waals surface area contributed by atoms with E-state index in [0.717, 1.165) is 24.8 Å². The Bertz CT molecular complexity index is 638.